The number of aryl methyl sites for hydroxylation is 1. The number of aliphatic imine (C=N–C) groups is 1. The second-order valence-corrected chi connectivity index (χ2v) is 9.77. The van der Waals surface area contributed by atoms with Crippen LogP contribution >= 0.6 is 0 Å². The molecule has 0 bridgehead atoms. The lowest BCUT2D eigenvalue weighted by molar-refractivity contribution is -0.166. The summed E-state index contributed by atoms with van der Waals surface area (Å²) in [4.78, 5) is 31.2. The second-order valence-electron chi connectivity index (χ2n) is 7.95. The van der Waals surface area contributed by atoms with Crippen LogP contribution in [-0.4, -0.2) is 50.1 Å². The molecule has 8 nitrogen and oxygen atoms in total. The van der Waals surface area contributed by atoms with Crippen molar-refractivity contribution in [2.75, 3.05) is 14.2 Å². The highest BCUT2D eigenvalue weighted by Crippen LogP contribution is 2.50. The van der Waals surface area contributed by atoms with E-state index in [0.717, 1.165) is 24.1 Å². The number of benzene rings is 3. The molecule has 1 fully saturated rings. The van der Waals surface area contributed by atoms with E-state index in [1.807, 2.05) is 6.92 Å². The largest absolute Gasteiger partial charge is 0.467 e. The average Bonchev–Trinajstić information content (AvgIpc) is 2.87. The van der Waals surface area contributed by atoms with Gasteiger partial charge in [-0.2, -0.15) is 4.31 Å². The molecular formula is C26H24N2O6S. The predicted molar refractivity (Wildman–Crippen MR) is 130 cm³/mol. The van der Waals surface area contributed by atoms with Gasteiger partial charge in [0.1, 0.15) is 0 Å². The van der Waals surface area contributed by atoms with Gasteiger partial charge in [-0.05, 0) is 36.8 Å². The summed E-state index contributed by atoms with van der Waals surface area (Å²) in [5.41, 5.74) is -0.631. The number of rotatable bonds is 6. The van der Waals surface area contributed by atoms with Crippen LogP contribution in [0.15, 0.2) is 94.8 Å². The summed E-state index contributed by atoms with van der Waals surface area (Å²) >= 11 is 0. The maximum absolute atomic E-state index is 14.0. The van der Waals surface area contributed by atoms with Gasteiger partial charge in [-0.3, -0.25) is 4.99 Å². The Morgan fingerprint density at radius 2 is 1.34 bits per heavy atom. The zero-order valence-corrected chi connectivity index (χ0v) is 20.2. The van der Waals surface area contributed by atoms with E-state index in [0.29, 0.717) is 11.3 Å². The first-order valence-electron chi connectivity index (χ1n) is 10.8. The van der Waals surface area contributed by atoms with E-state index in [4.69, 9.17) is 9.47 Å². The fourth-order valence-electron chi connectivity index (χ4n) is 4.17. The third-order valence-electron chi connectivity index (χ3n) is 5.86. The highest BCUT2D eigenvalue weighted by Gasteiger charge is 2.74. The van der Waals surface area contributed by atoms with Gasteiger partial charge in [-0.15, -0.1) is 0 Å². The summed E-state index contributed by atoms with van der Waals surface area (Å²) in [6.07, 6.45) is 0. The van der Waals surface area contributed by atoms with Gasteiger partial charge >= 0.3 is 11.9 Å². The minimum Gasteiger partial charge on any atom is -0.467 e. The van der Waals surface area contributed by atoms with Crippen molar-refractivity contribution in [1.29, 1.82) is 0 Å². The Kier molecular flexibility index (Phi) is 6.56. The van der Waals surface area contributed by atoms with E-state index < -0.39 is 33.5 Å². The maximum atomic E-state index is 14.0. The van der Waals surface area contributed by atoms with E-state index in [1.165, 1.54) is 12.1 Å². The highest BCUT2D eigenvalue weighted by molar-refractivity contribution is 7.89. The Morgan fingerprint density at radius 1 is 0.829 bits per heavy atom. The summed E-state index contributed by atoms with van der Waals surface area (Å²) in [5, 5.41) is 0. The summed E-state index contributed by atoms with van der Waals surface area (Å²) in [5.74, 6) is -2.22. The summed E-state index contributed by atoms with van der Waals surface area (Å²) in [6.45, 7) is 1.82. The number of nitrogens with zero attached hydrogens (tertiary/aromatic N) is 2. The van der Waals surface area contributed by atoms with Crippen LogP contribution in [0.5, 0.6) is 0 Å². The molecule has 3 aromatic carbocycles. The van der Waals surface area contributed by atoms with Crippen molar-refractivity contribution < 1.29 is 27.5 Å². The van der Waals surface area contributed by atoms with Crippen LogP contribution in [0, 0.1) is 6.92 Å². The SMILES string of the molecule is COC(=O)C1(C(=O)OC)C(=Nc2ccccc2)C(c2ccccc2)N1S(=O)(=O)c1ccc(C)cc1. The van der Waals surface area contributed by atoms with Crippen LogP contribution in [0.4, 0.5) is 5.69 Å². The molecule has 0 amide bonds. The van der Waals surface area contributed by atoms with E-state index in [1.54, 1.807) is 72.8 Å². The molecular weight excluding hydrogens is 468 g/mol. The Morgan fingerprint density at radius 3 is 1.86 bits per heavy atom. The van der Waals surface area contributed by atoms with Gasteiger partial charge in [-0.25, -0.2) is 18.0 Å². The van der Waals surface area contributed by atoms with E-state index in [-0.39, 0.29) is 10.6 Å². The molecule has 0 N–H and O–H groups in total. The van der Waals surface area contributed by atoms with Crippen molar-refractivity contribution in [3.63, 3.8) is 0 Å². The van der Waals surface area contributed by atoms with E-state index >= 15 is 0 Å². The van der Waals surface area contributed by atoms with Gasteiger partial charge in [0, 0.05) is 0 Å². The predicted octanol–water partition coefficient (Wildman–Crippen LogP) is 3.60. The number of carbonyl (C=O) groups excluding carboxylic acids is 2. The van der Waals surface area contributed by atoms with Gasteiger partial charge in [0.25, 0.3) is 5.54 Å². The van der Waals surface area contributed by atoms with Crippen molar-refractivity contribution in [1.82, 2.24) is 4.31 Å². The first-order valence-corrected chi connectivity index (χ1v) is 12.2. The van der Waals surface area contributed by atoms with E-state index in [2.05, 4.69) is 4.99 Å². The number of hydrogen-bond donors (Lipinski definition) is 0. The number of methoxy groups -OCH3 is 2. The molecule has 1 aliphatic heterocycles. The Labute approximate surface area is 203 Å². The summed E-state index contributed by atoms with van der Waals surface area (Å²) < 4.78 is 38.9. The third-order valence-corrected chi connectivity index (χ3v) is 7.73. The molecule has 9 heteroatoms. The van der Waals surface area contributed by atoms with Gasteiger partial charge in [0.05, 0.1) is 36.6 Å². The smallest absolute Gasteiger partial charge is 0.345 e. The first kappa shape index (κ1) is 24.3. The van der Waals surface area contributed by atoms with Gasteiger partial charge in [0.15, 0.2) is 0 Å². The summed E-state index contributed by atoms with van der Waals surface area (Å²) in [7, 11) is -2.24. The number of para-hydroxylation sites is 1. The molecule has 1 aliphatic rings. The van der Waals surface area contributed by atoms with Crippen LogP contribution in [0.2, 0.25) is 0 Å². The topological polar surface area (TPSA) is 102 Å². The molecule has 1 saturated heterocycles. The molecule has 1 atom stereocenters. The molecule has 0 aliphatic carbocycles. The van der Waals surface area contributed by atoms with Crippen LogP contribution in [0.1, 0.15) is 17.2 Å². The van der Waals surface area contributed by atoms with Crippen molar-refractivity contribution in [2.24, 2.45) is 4.99 Å². The molecule has 35 heavy (non-hydrogen) atoms. The monoisotopic (exact) mass is 492 g/mol. The van der Waals surface area contributed by atoms with Crippen molar-refractivity contribution >= 4 is 33.4 Å². The minimum atomic E-state index is -4.41. The Balaban J connectivity index is 2.05. The molecule has 1 unspecified atom stereocenters. The van der Waals surface area contributed by atoms with Crippen LogP contribution in [-0.2, 0) is 29.1 Å². The van der Waals surface area contributed by atoms with Gasteiger partial charge in [0.2, 0.25) is 10.0 Å². The van der Waals surface area contributed by atoms with Crippen molar-refractivity contribution in [3.05, 3.63) is 96.1 Å². The van der Waals surface area contributed by atoms with Crippen molar-refractivity contribution in [2.45, 2.75) is 23.4 Å². The van der Waals surface area contributed by atoms with Crippen LogP contribution in [0.25, 0.3) is 0 Å². The Bertz CT molecular complexity index is 1350. The fourth-order valence-corrected chi connectivity index (χ4v) is 5.98. The standard InChI is InChI=1S/C26H24N2O6S/c1-18-14-16-21(17-15-18)35(31,32)28-22(19-10-6-4-7-11-19)23(27-20-12-8-5-9-13-20)26(28,24(29)33-2)25(30)34-3/h4-17,22H,1-3H3. The van der Waals surface area contributed by atoms with Crippen LogP contribution < -0.4 is 0 Å². The molecule has 1 heterocycles. The Hall–Kier alpha value is -3.82. The highest BCUT2D eigenvalue weighted by atomic mass is 32.2. The number of ether oxygens (including phenoxy) is 2. The fraction of sp³-hybridized carbons (Fsp3) is 0.192. The maximum Gasteiger partial charge on any atom is 0.345 e. The molecule has 0 spiro atoms. The molecule has 3 aromatic rings. The first-order chi connectivity index (χ1) is 16.8. The van der Waals surface area contributed by atoms with E-state index in [9.17, 15) is 18.0 Å². The number of esters is 2. The molecule has 0 radical (unpaired) electrons. The molecule has 4 rings (SSSR count). The van der Waals surface area contributed by atoms with Crippen molar-refractivity contribution in [3.8, 4) is 0 Å². The zero-order chi connectivity index (χ0) is 25.2. The quantitative estimate of drug-likeness (QED) is 0.385. The zero-order valence-electron chi connectivity index (χ0n) is 19.4. The number of sulfonamides is 1. The van der Waals surface area contributed by atoms with Crippen LogP contribution in [0.3, 0.4) is 0 Å². The lowest BCUT2D eigenvalue weighted by Gasteiger charge is -2.53. The minimum absolute atomic E-state index is 0.00992. The summed E-state index contributed by atoms with van der Waals surface area (Å²) in [6, 6.07) is 22.4. The molecule has 0 aromatic heterocycles. The third kappa shape index (κ3) is 3.92. The lowest BCUT2D eigenvalue weighted by atomic mass is 9.75. The van der Waals surface area contributed by atoms with Gasteiger partial charge < -0.3 is 9.47 Å². The average molecular weight is 493 g/mol. The molecule has 0 saturated carbocycles. The second kappa shape index (κ2) is 9.44. The number of carbonyl (C=O) groups is 2. The normalized spacial score (nSPS) is 18.5. The lowest BCUT2D eigenvalue weighted by Crippen LogP contribution is -2.78. The molecule has 180 valence electrons. The van der Waals surface area contributed by atoms with Gasteiger partial charge in [-0.1, -0.05) is 66.2 Å². The number of hydrogen-bond acceptors (Lipinski definition) is 7.